The van der Waals surface area contributed by atoms with Crippen molar-refractivity contribution in [1.82, 2.24) is 4.98 Å². The highest BCUT2D eigenvalue weighted by molar-refractivity contribution is 7.21. The molecular formula is C24H20N2O2S. The number of nitrogens with zero attached hydrogens (tertiary/aromatic N) is 1. The fourth-order valence-corrected chi connectivity index (χ4v) is 4.16. The number of hydrogen-bond acceptors (Lipinski definition) is 5. The van der Waals surface area contributed by atoms with Crippen LogP contribution in [0.25, 0.3) is 33.6 Å². The Hall–Kier alpha value is -3.44. The van der Waals surface area contributed by atoms with E-state index in [-0.39, 0.29) is 0 Å². The van der Waals surface area contributed by atoms with E-state index in [9.17, 15) is 4.79 Å². The van der Waals surface area contributed by atoms with Crippen LogP contribution in [-0.2, 0) is 4.74 Å². The zero-order valence-electron chi connectivity index (χ0n) is 16.0. The number of fused-ring (bicyclic) bond motifs is 1. The van der Waals surface area contributed by atoms with Crippen LogP contribution in [0.3, 0.4) is 0 Å². The van der Waals surface area contributed by atoms with Crippen LogP contribution in [0.4, 0.5) is 5.69 Å². The molecule has 0 radical (unpaired) electrons. The van der Waals surface area contributed by atoms with Crippen LogP contribution in [0.2, 0.25) is 0 Å². The summed E-state index contributed by atoms with van der Waals surface area (Å²) in [7, 11) is 0. The number of benzene rings is 2. The van der Waals surface area contributed by atoms with Gasteiger partial charge >= 0.3 is 5.97 Å². The minimum atomic E-state index is -0.410. The minimum Gasteiger partial charge on any atom is -0.462 e. The van der Waals surface area contributed by atoms with E-state index < -0.39 is 5.97 Å². The lowest BCUT2D eigenvalue weighted by Gasteiger charge is -2.05. The number of pyridine rings is 1. The molecule has 0 amide bonds. The second-order valence-electron chi connectivity index (χ2n) is 6.45. The van der Waals surface area contributed by atoms with Gasteiger partial charge in [-0.2, -0.15) is 0 Å². The number of carbonyl (C=O) groups excluding carboxylic acids is 1. The van der Waals surface area contributed by atoms with E-state index in [0.29, 0.717) is 17.2 Å². The highest BCUT2D eigenvalue weighted by Gasteiger charge is 2.21. The zero-order valence-corrected chi connectivity index (χ0v) is 16.8. The van der Waals surface area contributed by atoms with E-state index in [2.05, 4.69) is 0 Å². The quantitative estimate of drug-likeness (QED) is 0.424. The molecule has 4 rings (SSSR count). The van der Waals surface area contributed by atoms with E-state index in [1.165, 1.54) is 11.3 Å². The number of rotatable bonds is 5. The maximum absolute atomic E-state index is 12.3. The van der Waals surface area contributed by atoms with Gasteiger partial charge in [0, 0.05) is 10.9 Å². The van der Waals surface area contributed by atoms with Gasteiger partial charge in [0.15, 0.2) is 0 Å². The Morgan fingerprint density at radius 1 is 1.07 bits per heavy atom. The van der Waals surface area contributed by atoms with E-state index >= 15 is 0 Å². The van der Waals surface area contributed by atoms with Gasteiger partial charge in [-0.05, 0) is 24.1 Å². The molecule has 2 heterocycles. The number of nitrogen functional groups attached to an aromatic ring is 1. The summed E-state index contributed by atoms with van der Waals surface area (Å²) >= 11 is 1.27. The summed E-state index contributed by atoms with van der Waals surface area (Å²) in [6.07, 6.45) is 4.05. The molecule has 0 atom stereocenters. The van der Waals surface area contributed by atoms with Crippen LogP contribution in [0, 0.1) is 0 Å². The smallest absolute Gasteiger partial charge is 0.350 e. The van der Waals surface area contributed by atoms with Gasteiger partial charge in [0.1, 0.15) is 9.71 Å². The predicted octanol–water partition coefficient (Wildman–Crippen LogP) is 5.89. The summed E-state index contributed by atoms with van der Waals surface area (Å²) in [6, 6.07) is 22.0. The molecule has 0 aliphatic rings. The number of nitrogens with two attached hydrogens (primary N) is 1. The summed E-state index contributed by atoms with van der Waals surface area (Å²) < 4.78 is 5.17. The Balaban J connectivity index is 1.90. The van der Waals surface area contributed by atoms with Crippen molar-refractivity contribution in [3.05, 3.63) is 82.7 Å². The molecule has 0 unspecified atom stereocenters. The highest BCUT2D eigenvalue weighted by atomic mass is 32.1. The number of thiophene rings is 1. The molecule has 29 heavy (non-hydrogen) atoms. The lowest BCUT2D eigenvalue weighted by molar-refractivity contribution is 0.0533. The van der Waals surface area contributed by atoms with Crippen molar-refractivity contribution in [2.75, 3.05) is 12.3 Å². The van der Waals surface area contributed by atoms with Crippen molar-refractivity contribution in [1.29, 1.82) is 0 Å². The molecule has 0 saturated heterocycles. The third kappa shape index (κ3) is 3.91. The van der Waals surface area contributed by atoms with E-state index in [1.807, 2.05) is 78.9 Å². The van der Waals surface area contributed by atoms with E-state index in [4.69, 9.17) is 15.5 Å². The third-order valence-electron chi connectivity index (χ3n) is 4.51. The second-order valence-corrected chi connectivity index (χ2v) is 7.45. The Morgan fingerprint density at radius 3 is 2.45 bits per heavy atom. The van der Waals surface area contributed by atoms with Gasteiger partial charge in [-0.15, -0.1) is 11.3 Å². The molecule has 2 aromatic carbocycles. The first kappa shape index (κ1) is 18.9. The molecule has 0 fully saturated rings. The molecule has 0 saturated carbocycles. The number of ether oxygens (including phenoxy) is 1. The zero-order chi connectivity index (χ0) is 20.2. The summed E-state index contributed by atoms with van der Waals surface area (Å²) in [5.41, 5.74) is 10.6. The topological polar surface area (TPSA) is 65.2 Å². The molecular weight excluding hydrogens is 380 g/mol. The van der Waals surface area contributed by atoms with Crippen molar-refractivity contribution in [3.8, 4) is 11.3 Å². The molecule has 0 aliphatic carbocycles. The average Bonchev–Trinajstić information content (AvgIpc) is 3.10. The van der Waals surface area contributed by atoms with Crippen molar-refractivity contribution in [2.45, 2.75) is 6.92 Å². The molecule has 144 valence electrons. The maximum Gasteiger partial charge on any atom is 0.350 e. The summed E-state index contributed by atoms with van der Waals surface area (Å²) in [5.74, 6) is -0.410. The first-order valence-electron chi connectivity index (χ1n) is 9.36. The van der Waals surface area contributed by atoms with Gasteiger partial charge in [-0.25, -0.2) is 9.78 Å². The lowest BCUT2D eigenvalue weighted by Crippen LogP contribution is -2.04. The fraction of sp³-hybridized carbons (Fsp3) is 0.0833. The number of hydrogen-bond donors (Lipinski definition) is 1. The lowest BCUT2D eigenvalue weighted by atomic mass is 10.0. The molecule has 0 aliphatic heterocycles. The van der Waals surface area contributed by atoms with E-state index in [0.717, 1.165) is 32.6 Å². The van der Waals surface area contributed by atoms with Crippen molar-refractivity contribution in [2.24, 2.45) is 0 Å². The monoisotopic (exact) mass is 400 g/mol. The minimum absolute atomic E-state index is 0.302. The number of esters is 1. The molecule has 2 aromatic heterocycles. The molecule has 0 bridgehead atoms. The first-order chi connectivity index (χ1) is 14.2. The number of aromatic nitrogens is 1. The van der Waals surface area contributed by atoms with Crippen LogP contribution in [-0.4, -0.2) is 17.6 Å². The predicted molar refractivity (Wildman–Crippen MR) is 121 cm³/mol. The molecule has 2 N–H and O–H groups in total. The highest BCUT2D eigenvalue weighted by Crippen LogP contribution is 2.38. The van der Waals surface area contributed by atoms with Crippen LogP contribution in [0.1, 0.15) is 27.7 Å². The molecule has 4 aromatic rings. The number of anilines is 1. The van der Waals surface area contributed by atoms with Crippen LogP contribution in [0.5, 0.6) is 0 Å². The van der Waals surface area contributed by atoms with Crippen LogP contribution >= 0.6 is 11.3 Å². The summed E-state index contributed by atoms with van der Waals surface area (Å²) in [5, 5.41) is 0.782. The summed E-state index contributed by atoms with van der Waals surface area (Å²) in [4.78, 5) is 18.2. The van der Waals surface area contributed by atoms with Gasteiger partial charge in [-0.3, -0.25) is 0 Å². The number of carbonyl (C=O) groups is 1. The SMILES string of the molecule is CCOC(=O)c1sc2nc(-c3ccccc3)cc(/C=C/c3ccccc3)c2c1N. The Labute approximate surface area is 173 Å². The first-order valence-corrected chi connectivity index (χ1v) is 10.2. The van der Waals surface area contributed by atoms with Gasteiger partial charge in [0.25, 0.3) is 0 Å². The van der Waals surface area contributed by atoms with Crippen molar-refractivity contribution >= 4 is 45.4 Å². The molecule has 4 nitrogen and oxygen atoms in total. The Kier molecular flexibility index (Phi) is 5.40. The van der Waals surface area contributed by atoms with Gasteiger partial charge in [-0.1, -0.05) is 72.8 Å². The van der Waals surface area contributed by atoms with Crippen molar-refractivity contribution < 1.29 is 9.53 Å². The second kappa shape index (κ2) is 8.29. The van der Waals surface area contributed by atoms with E-state index in [1.54, 1.807) is 6.92 Å². The normalized spacial score (nSPS) is 11.2. The van der Waals surface area contributed by atoms with Crippen LogP contribution < -0.4 is 5.73 Å². The molecule has 0 spiro atoms. The standard InChI is InChI=1S/C24H20N2O2S/c1-2-28-24(27)22-21(25)20-18(14-13-16-9-5-3-6-10-16)15-19(26-23(20)29-22)17-11-7-4-8-12-17/h3-15H,2,25H2,1H3/b14-13+. The van der Waals surface area contributed by atoms with Crippen molar-refractivity contribution in [3.63, 3.8) is 0 Å². The van der Waals surface area contributed by atoms with Gasteiger partial charge in [0.05, 0.1) is 18.0 Å². The Morgan fingerprint density at radius 2 is 1.76 bits per heavy atom. The van der Waals surface area contributed by atoms with Gasteiger partial charge < -0.3 is 10.5 Å². The van der Waals surface area contributed by atoms with Crippen LogP contribution in [0.15, 0.2) is 66.7 Å². The third-order valence-corrected chi connectivity index (χ3v) is 5.59. The molecule has 5 heteroatoms. The maximum atomic E-state index is 12.3. The fourth-order valence-electron chi connectivity index (χ4n) is 3.14. The Bertz CT molecular complexity index is 1180. The van der Waals surface area contributed by atoms with Gasteiger partial charge in [0.2, 0.25) is 0 Å². The summed E-state index contributed by atoms with van der Waals surface area (Å²) in [6.45, 7) is 2.08. The largest absolute Gasteiger partial charge is 0.462 e. The average molecular weight is 401 g/mol.